The number of hydrogen-bond donors (Lipinski definition) is 3. The summed E-state index contributed by atoms with van der Waals surface area (Å²) in [5, 5.41) is 10.6. The number of benzene rings is 2. The van der Waals surface area contributed by atoms with E-state index in [1.165, 1.54) is 28.3 Å². The summed E-state index contributed by atoms with van der Waals surface area (Å²) < 4.78 is 1.44. The van der Waals surface area contributed by atoms with Crippen molar-refractivity contribution in [3.63, 3.8) is 0 Å². The molecule has 3 N–H and O–H groups in total. The summed E-state index contributed by atoms with van der Waals surface area (Å²) in [5.41, 5.74) is 1.44. The lowest BCUT2D eigenvalue weighted by molar-refractivity contribution is -0.118. The minimum Gasteiger partial charge on any atom is -0.324 e. The van der Waals surface area contributed by atoms with Crippen molar-refractivity contribution >= 4 is 46.3 Å². The molecule has 166 valence electrons. The summed E-state index contributed by atoms with van der Waals surface area (Å²) in [4.78, 5) is 42.0. The van der Waals surface area contributed by atoms with Gasteiger partial charge in [-0.3, -0.25) is 19.1 Å². The molecule has 0 saturated carbocycles. The van der Waals surface area contributed by atoms with Crippen LogP contribution in [0, 0.1) is 0 Å². The van der Waals surface area contributed by atoms with E-state index < -0.39 is 18.0 Å². The minimum atomic E-state index is -0.903. The van der Waals surface area contributed by atoms with Gasteiger partial charge in [0, 0.05) is 39.4 Å². The first-order valence-corrected chi connectivity index (χ1v) is 11.1. The molecule has 0 spiro atoms. The zero-order valence-corrected chi connectivity index (χ0v) is 18.6. The van der Waals surface area contributed by atoms with Crippen LogP contribution in [0.3, 0.4) is 0 Å². The lowest BCUT2D eigenvalue weighted by atomic mass is 10.2. The van der Waals surface area contributed by atoms with E-state index in [1.807, 2.05) is 5.38 Å². The molecule has 0 aliphatic rings. The largest absolute Gasteiger partial charge is 0.324 e. The van der Waals surface area contributed by atoms with Gasteiger partial charge in [0.05, 0.1) is 6.20 Å². The first-order chi connectivity index (χ1) is 16.0. The highest BCUT2D eigenvalue weighted by Crippen LogP contribution is 2.22. The van der Waals surface area contributed by atoms with Gasteiger partial charge in [-0.1, -0.05) is 17.7 Å². The van der Waals surface area contributed by atoms with Gasteiger partial charge >= 0.3 is 6.03 Å². The average molecular weight is 480 g/mol. The third-order valence-electron chi connectivity index (χ3n) is 4.60. The number of halogens is 1. The molecule has 8 nitrogen and oxygen atoms in total. The summed E-state index contributed by atoms with van der Waals surface area (Å²) >= 11 is 7.23. The van der Waals surface area contributed by atoms with Crippen molar-refractivity contribution in [2.24, 2.45) is 0 Å². The molecule has 0 aliphatic heterocycles. The van der Waals surface area contributed by atoms with E-state index in [1.54, 1.807) is 66.9 Å². The maximum atomic E-state index is 13.0. The van der Waals surface area contributed by atoms with Crippen molar-refractivity contribution in [1.29, 1.82) is 0 Å². The second-order valence-corrected chi connectivity index (χ2v) is 8.29. The van der Waals surface area contributed by atoms with Gasteiger partial charge in [0.1, 0.15) is 6.04 Å². The van der Waals surface area contributed by atoms with Gasteiger partial charge in [-0.2, -0.15) is 0 Å². The quantitative estimate of drug-likeness (QED) is 0.380. The fraction of sp³-hybridized carbons (Fsp3) is 0.0435. The summed E-state index contributed by atoms with van der Waals surface area (Å²) in [5.74, 6) is -0.405. The Morgan fingerprint density at radius 1 is 0.970 bits per heavy atom. The number of aromatic nitrogens is 2. The lowest BCUT2D eigenvalue weighted by Crippen LogP contribution is -2.38. The number of hydrogen-bond acceptors (Lipinski definition) is 5. The number of carbonyl (C=O) groups is 2. The molecule has 1 atom stereocenters. The van der Waals surface area contributed by atoms with Crippen LogP contribution in [0.1, 0.15) is 10.9 Å². The van der Waals surface area contributed by atoms with E-state index in [0.717, 1.165) is 0 Å². The first kappa shape index (κ1) is 22.3. The fourth-order valence-electron chi connectivity index (χ4n) is 3.03. The minimum absolute atomic E-state index is 0.261. The van der Waals surface area contributed by atoms with Crippen molar-refractivity contribution in [2.75, 3.05) is 10.6 Å². The highest BCUT2D eigenvalue weighted by molar-refractivity contribution is 7.10. The van der Waals surface area contributed by atoms with Crippen LogP contribution >= 0.6 is 22.9 Å². The molecule has 0 radical (unpaired) electrons. The van der Waals surface area contributed by atoms with E-state index in [2.05, 4.69) is 20.9 Å². The van der Waals surface area contributed by atoms with E-state index in [4.69, 9.17) is 11.6 Å². The van der Waals surface area contributed by atoms with E-state index in [-0.39, 0.29) is 5.56 Å². The molecule has 0 saturated heterocycles. The topological polar surface area (TPSA) is 105 Å². The first-order valence-electron chi connectivity index (χ1n) is 9.80. The Labute approximate surface area is 197 Å². The van der Waals surface area contributed by atoms with Crippen molar-refractivity contribution < 1.29 is 9.59 Å². The van der Waals surface area contributed by atoms with Gasteiger partial charge in [0.2, 0.25) is 0 Å². The van der Waals surface area contributed by atoms with E-state index in [0.29, 0.717) is 27.0 Å². The Morgan fingerprint density at radius 2 is 1.67 bits per heavy atom. The Balaban J connectivity index is 1.47. The van der Waals surface area contributed by atoms with Gasteiger partial charge < -0.3 is 16.0 Å². The van der Waals surface area contributed by atoms with Gasteiger partial charge in [0.25, 0.3) is 11.5 Å². The predicted molar refractivity (Wildman–Crippen MR) is 129 cm³/mol. The van der Waals surface area contributed by atoms with Crippen LogP contribution in [-0.4, -0.2) is 21.5 Å². The molecule has 2 aromatic heterocycles. The summed E-state index contributed by atoms with van der Waals surface area (Å²) in [6.45, 7) is 0. The van der Waals surface area contributed by atoms with Gasteiger partial charge in [-0.15, -0.1) is 11.3 Å². The Hall–Kier alpha value is -3.95. The van der Waals surface area contributed by atoms with Gasteiger partial charge in [-0.25, -0.2) is 4.79 Å². The maximum absolute atomic E-state index is 13.0. The maximum Gasteiger partial charge on any atom is 0.320 e. The lowest BCUT2D eigenvalue weighted by Gasteiger charge is -2.18. The highest BCUT2D eigenvalue weighted by atomic mass is 35.5. The number of rotatable bonds is 6. The third kappa shape index (κ3) is 5.65. The molecule has 0 bridgehead atoms. The molecule has 0 aliphatic carbocycles. The average Bonchev–Trinajstić information content (AvgIpc) is 3.34. The Morgan fingerprint density at radius 3 is 2.33 bits per heavy atom. The second-order valence-electron chi connectivity index (χ2n) is 6.87. The number of amides is 3. The van der Waals surface area contributed by atoms with Crippen LogP contribution in [0.15, 0.2) is 89.4 Å². The molecular weight excluding hydrogens is 462 g/mol. The van der Waals surface area contributed by atoms with E-state index >= 15 is 0 Å². The summed E-state index contributed by atoms with van der Waals surface area (Å²) in [6.07, 6.45) is 4.30. The molecule has 33 heavy (non-hydrogen) atoms. The molecule has 3 amide bonds. The second kappa shape index (κ2) is 10.1. The van der Waals surface area contributed by atoms with E-state index in [9.17, 15) is 14.4 Å². The fourth-order valence-corrected chi connectivity index (χ4v) is 3.93. The van der Waals surface area contributed by atoms with Crippen LogP contribution in [0.2, 0.25) is 5.02 Å². The number of carbonyl (C=O) groups excluding carboxylic acids is 2. The summed E-state index contributed by atoms with van der Waals surface area (Å²) in [6, 6.07) is 15.6. The van der Waals surface area contributed by atoms with Crippen molar-refractivity contribution in [3.05, 3.63) is 105 Å². The zero-order valence-electron chi connectivity index (χ0n) is 17.1. The van der Waals surface area contributed by atoms with Crippen LogP contribution in [0.4, 0.5) is 16.2 Å². The van der Waals surface area contributed by atoms with Crippen LogP contribution in [0.5, 0.6) is 0 Å². The van der Waals surface area contributed by atoms with Crippen molar-refractivity contribution in [3.8, 4) is 5.69 Å². The number of nitrogens with zero attached hydrogens (tertiary/aromatic N) is 2. The number of thiophene rings is 1. The molecule has 1 unspecified atom stereocenters. The molecule has 4 rings (SSSR count). The summed E-state index contributed by atoms with van der Waals surface area (Å²) in [7, 11) is 0. The zero-order chi connectivity index (χ0) is 23.2. The smallest absolute Gasteiger partial charge is 0.320 e. The highest BCUT2D eigenvalue weighted by Gasteiger charge is 2.24. The Bertz CT molecular complexity index is 1310. The molecule has 10 heteroatoms. The van der Waals surface area contributed by atoms with Crippen LogP contribution in [-0.2, 0) is 4.79 Å². The predicted octanol–water partition coefficient (Wildman–Crippen LogP) is 4.45. The molecule has 0 fully saturated rings. The number of anilines is 2. The van der Waals surface area contributed by atoms with Crippen molar-refractivity contribution in [1.82, 2.24) is 14.9 Å². The molecule has 2 aromatic carbocycles. The SMILES string of the molecule is O=C(Nc1ccc(Cl)cc1)NC(C(=O)Nc1ccc(-n2ccncc2=O)cc1)c1cccs1. The third-order valence-corrected chi connectivity index (χ3v) is 5.79. The number of nitrogens with one attached hydrogen (secondary N) is 3. The standard InChI is InChI=1S/C23H18ClN5O3S/c24-15-3-5-17(6-4-15)27-23(32)28-21(19-2-1-13-33-19)22(31)26-16-7-9-18(10-8-16)29-12-11-25-14-20(29)30/h1-14,21H,(H,26,31)(H2,27,28,32). The normalized spacial score (nSPS) is 11.4. The van der Waals surface area contributed by atoms with Gasteiger partial charge in [-0.05, 0) is 60.0 Å². The molecule has 2 heterocycles. The number of urea groups is 1. The molecule has 4 aromatic rings. The van der Waals surface area contributed by atoms with Crippen molar-refractivity contribution in [2.45, 2.75) is 6.04 Å². The van der Waals surface area contributed by atoms with Crippen LogP contribution < -0.4 is 21.5 Å². The molecular formula is C23H18ClN5O3S. The van der Waals surface area contributed by atoms with Crippen LogP contribution in [0.25, 0.3) is 5.69 Å². The van der Waals surface area contributed by atoms with Gasteiger partial charge in [0.15, 0.2) is 0 Å². The Kier molecular flexibility index (Phi) is 6.82. The monoisotopic (exact) mass is 479 g/mol.